The fraction of sp³-hybridized carbons (Fsp3) is 0. The Bertz CT molecular complexity index is 991. The molecule has 0 radical (unpaired) electrons. The quantitative estimate of drug-likeness (QED) is 0.561. The molecular weight excluding hydrogens is 334 g/mol. The van der Waals surface area contributed by atoms with Crippen LogP contribution in [-0.2, 0) is 10.1 Å². The van der Waals surface area contributed by atoms with E-state index in [2.05, 4.69) is 4.99 Å². The molecule has 1 N–H and O–H groups in total. The van der Waals surface area contributed by atoms with Crippen LogP contribution in [0.1, 0.15) is 5.56 Å². The van der Waals surface area contributed by atoms with Crippen molar-refractivity contribution in [3.05, 3.63) is 71.2 Å². The smallest absolute Gasteiger partial charge is 0.282 e. The zero-order valence-electron chi connectivity index (χ0n) is 11.8. The topological polar surface area (TPSA) is 66.7 Å². The van der Waals surface area contributed by atoms with Crippen LogP contribution in [0.5, 0.6) is 0 Å². The van der Waals surface area contributed by atoms with Crippen LogP contribution in [0.3, 0.4) is 0 Å². The monoisotopic (exact) mass is 345 g/mol. The minimum Gasteiger partial charge on any atom is -0.282 e. The van der Waals surface area contributed by atoms with Crippen molar-refractivity contribution in [3.8, 4) is 0 Å². The molecule has 0 unspecified atom stereocenters. The van der Waals surface area contributed by atoms with Crippen molar-refractivity contribution in [2.75, 3.05) is 0 Å². The van der Waals surface area contributed by atoms with Crippen LogP contribution in [0.25, 0.3) is 10.8 Å². The van der Waals surface area contributed by atoms with E-state index in [1.807, 2.05) is 0 Å². The van der Waals surface area contributed by atoms with Gasteiger partial charge >= 0.3 is 0 Å². The minimum absolute atomic E-state index is 0.154. The van der Waals surface area contributed by atoms with Crippen molar-refractivity contribution in [3.63, 3.8) is 0 Å². The minimum atomic E-state index is -4.33. The second-order valence-corrected chi connectivity index (χ2v) is 6.74. The summed E-state index contributed by atoms with van der Waals surface area (Å²) in [6.07, 6.45) is 1.62. The number of fused-ring (bicyclic) bond motifs is 1. The molecule has 0 bridgehead atoms. The molecule has 0 aliphatic heterocycles. The van der Waals surface area contributed by atoms with Gasteiger partial charge in [-0.3, -0.25) is 9.55 Å². The molecule has 116 valence electrons. The van der Waals surface area contributed by atoms with Gasteiger partial charge < -0.3 is 0 Å². The molecule has 0 atom stereocenters. The fourth-order valence-electron chi connectivity index (χ4n) is 2.30. The molecule has 0 aliphatic carbocycles. The Hall–Kier alpha value is -2.21. The number of rotatable bonds is 3. The van der Waals surface area contributed by atoms with E-state index in [4.69, 9.17) is 11.6 Å². The standard InChI is InChI=1S/C17H12ClNO3S/c18-14-9-7-12(8-10-14)11-19-15-5-1-3-13-4-2-6-16(17(13)15)23(20,21)22/h1-11H,(H,20,21,22). The lowest BCUT2D eigenvalue weighted by molar-refractivity contribution is 0.484. The van der Waals surface area contributed by atoms with E-state index in [9.17, 15) is 13.0 Å². The van der Waals surface area contributed by atoms with Crippen molar-refractivity contribution >= 4 is 44.4 Å². The molecule has 3 rings (SSSR count). The first-order valence-corrected chi connectivity index (χ1v) is 8.56. The number of benzene rings is 3. The summed E-state index contributed by atoms with van der Waals surface area (Å²) in [7, 11) is -4.33. The highest BCUT2D eigenvalue weighted by molar-refractivity contribution is 7.86. The first-order chi connectivity index (χ1) is 10.9. The summed E-state index contributed by atoms with van der Waals surface area (Å²) in [5.74, 6) is 0. The third kappa shape index (κ3) is 3.42. The summed E-state index contributed by atoms with van der Waals surface area (Å²) in [4.78, 5) is 4.21. The molecule has 0 saturated carbocycles. The van der Waals surface area contributed by atoms with E-state index in [-0.39, 0.29) is 4.90 Å². The van der Waals surface area contributed by atoms with Gasteiger partial charge in [0.15, 0.2) is 0 Å². The van der Waals surface area contributed by atoms with E-state index in [0.29, 0.717) is 21.5 Å². The van der Waals surface area contributed by atoms with E-state index in [0.717, 1.165) is 5.56 Å². The van der Waals surface area contributed by atoms with Gasteiger partial charge in [-0.25, -0.2) is 0 Å². The van der Waals surface area contributed by atoms with Crippen molar-refractivity contribution in [1.82, 2.24) is 0 Å². The van der Waals surface area contributed by atoms with E-state index in [1.54, 1.807) is 60.8 Å². The van der Waals surface area contributed by atoms with Crippen LogP contribution in [0.4, 0.5) is 5.69 Å². The first-order valence-electron chi connectivity index (χ1n) is 6.74. The molecular formula is C17H12ClNO3S. The molecule has 6 heteroatoms. The van der Waals surface area contributed by atoms with E-state index in [1.165, 1.54) is 6.07 Å². The maximum absolute atomic E-state index is 11.6. The lowest BCUT2D eigenvalue weighted by atomic mass is 10.1. The lowest BCUT2D eigenvalue weighted by Gasteiger charge is -2.06. The molecule has 0 aliphatic rings. The summed E-state index contributed by atoms with van der Waals surface area (Å²) in [5, 5.41) is 1.70. The SMILES string of the molecule is O=S(=O)(O)c1cccc2cccc(N=Cc3ccc(Cl)cc3)c12. The van der Waals surface area contributed by atoms with Gasteiger partial charge in [0.1, 0.15) is 4.90 Å². The van der Waals surface area contributed by atoms with Gasteiger partial charge in [-0.2, -0.15) is 8.42 Å². The first kappa shape index (κ1) is 15.7. The summed E-state index contributed by atoms with van der Waals surface area (Å²) in [6.45, 7) is 0. The zero-order valence-corrected chi connectivity index (χ0v) is 13.4. The Kier molecular flexibility index (Phi) is 4.17. The Morgan fingerprint density at radius 3 is 2.26 bits per heavy atom. The average Bonchev–Trinajstić information content (AvgIpc) is 2.53. The molecule has 0 saturated heterocycles. The molecule has 0 fully saturated rings. The van der Waals surface area contributed by atoms with Crippen LogP contribution in [0.2, 0.25) is 5.02 Å². The molecule has 3 aromatic rings. The van der Waals surface area contributed by atoms with Crippen LogP contribution < -0.4 is 0 Å². The van der Waals surface area contributed by atoms with Crippen molar-refractivity contribution in [2.45, 2.75) is 4.90 Å². The van der Waals surface area contributed by atoms with Gasteiger partial charge in [-0.1, -0.05) is 48.0 Å². The summed E-state index contributed by atoms with van der Waals surface area (Å²) >= 11 is 5.84. The number of hydrogen-bond donors (Lipinski definition) is 1. The van der Waals surface area contributed by atoms with Crippen molar-refractivity contribution < 1.29 is 13.0 Å². The van der Waals surface area contributed by atoms with Gasteiger partial charge in [0.2, 0.25) is 0 Å². The average molecular weight is 346 g/mol. The van der Waals surface area contributed by atoms with Gasteiger partial charge in [0.05, 0.1) is 5.69 Å². The van der Waals surface area contributed by atoms with Crippen LogP contribution in [-0.4, -0.2) is 19.2 Å². The predicted octanol–water partition coefficient (Wildman–Crippen LogP) is 4.49. The van der Waals surface area contributed by atoms with Crippen molar-refractivity contribution in [1.29, 1.82) is 0 Å². The van der Waals surface area contributed by atoms with Gasteiger partial charge in [0, 0.05) is 16.6 Å². The van der Waals surface area contributed by atoms with Gasteiger partial charge in [0.25, 0.3) is 10.1 Å². The Morgan fingerprint density at radius 2 is 1.61 bits per heavy atom. The molecule has 4 nitrogen and oxygen atoms in total. The number of nitrogens with zero attached hydrogens (tertiary/aromatic N) is 1. The second-order valence-electron chi connectivity index (χ2n) is 4.92. The molecule has 0 amide bonds. The molecule has 23 heavy (non-hydrogen) atoms. The number of halogens is 1. The zero-order chi connectivity index (χ0) is 16.4. The normalized spacial score (nSPS) is 12.1. The lowest BCUT2D eigenvalue weighted by Crippen LogP contribution is -1.99. The van der Waals surface area contributed by atoms with E-state index < -0.39 is 10.1 Å². The van der Waals surface area contributed by atoms with Gasteiger partial charge in [-0.05, 0) is 35.2 Å². The molecule has 0 spiro atoms. The van der Waals surface area contributed by atoms with E-state index >= 15 is 0 Å². The van der Waals surface area contributed by atoms with Crippen LogP contribution >= 0.6 is 11.6 Å². The molecule has 3 aromatic carbocycles. The highest BCUT2D eigenvalue weighted by Crippen LogP contribution is 2.31. The van der Waals surface area contributed by atoms with Crippen LogP contribution in [0, 0.1) is 0 Å². The maximum Gasteiger partial charge on any atom is 0.295 e. The maximum atomic E-state index is 11.6. The highest BCUT2D eigenvalue weighted by atomic mass is 35.5. The number of aliphatic imine (C=N–C) groups is 1. The van der Waals surface area contributed by atoms with Crippen molar-refractivity contribution in [2.24, 2.45) is 4.99 Å². The number of hydrogen-bond acceptors (Lipinski definition) is 3. The highest BCUT2D eigenvalue weighted by Gasteiger charge is 2.15. The predicted molar refractivity (Wildman–Crippen MR) is 92.5 cm³/mol. The fourth-order valence-corrected chi connectivity index (χ4v) is 3.16. The molecule has 0 aromatic heterocycles. The summed E-state index contributed by atoms with van der Waals surface area (Å²) in [6, 6.07) is 17.1. The third-order valence-electron chi connectivity index (χ3n) is 3.35. The Morgan fingerprint density at radius 1 is 0.957 bits per heavy atom. The van der Waals surface area contributed by atoms with Gasteiger partial charge in [-0.15, -0.1) is 0 Å². The summed E-state index contributed by atoms with van der Waals surface area (Å²) in [5.41, 5.74) is 1.29. The summed E-state index contributed by atoms with van der Waals surface area (Å²) < 4.78 is 32.6. The second kappa shape index (κ2) is 6.12. The van der Waals surface area contributed by atoms with Crippen LogP contribution in [0.15, 0.2) is 70.6 Å². The Labute approximate surface area is 138 Å². The largest absolute Gasteiger partial charge is 0.295 e. The Balaban J connectivity index is 2.16. The third-order valence-corrected chi connectivity index (χ3v) is 4.49. The molecule has 0 heterocycles.